The number of aryl methyl sites for hydroxylation is 1. The topological polar surface area (TPSA) is 72.2 Å². The van der Waals surface area contributed by atoms with Gasteiger partial charge in [0.25, 0.3) is 10.0 Å². The fourth-order valence-corrected chi connectivity index (χ4v) is 3.09. The molecular weight excluding hydrogens is 303 g/mol. The molecule has 4 nitrogen and oxygen atoms in total. The van der Waals surface area contributed by atoms with Gasteiger partial charge in [0.15, 0.2) is 5.82 Å². The normalized spacial score (nSPS) is 11.3. The van der Waals surface area contributed by atoms with Crippen LogP contribution in [0.15, 0.2) is 41.3 Å². The number of halogens is 2. The molecule has 0 amide bonds. The molecule has 0 spiro atoms. The molecule has 0 aliphatic carbocycles. The number of hydrogen-bond donors (Lipinski definition) is 2. The zero-order valence-corrected chi connectivity index (χ0v) is 12.1. The Morgan fingerprint density at radius 1 is 1.25 bits per heavy atom. The van der Waals surface area contributed by atoms with E-state index in [0.717, 1.165) is 0 Å². The van der Waals surface area contributed by atoms with Crippen molar-refractivity contribution in [2.24, 2.45) is 0 Å². The Labute approximate surface area is 121 Å². The lowest BCUT2D eigenvalue weighted by molar-refractivity contribution is 0.598. The average Bonchev–Trinajstić information content (AvgIpc) is 2.33. The second kappa shape index (κ2) is 5.30. The summed E-state index contributed by atoms with van der Waals surface area (Å²) in [5.74, 6) is -0.821. The number of rotatable bonds is 3. The molecular formula is C13H12ClFN2O2S. The molecule has 2 aromatic rings. The molecule has 0 fully saturated rings. The first-order chi connectivity index (χ1) is 9.29. The van der Waals surface area contributed by atoms with Crippen molar-refractivity contribution in [3.63, 3.8) is 0 Å². The van der Waals surface area contributed by atoms with Gasteiger partial charge in [-0.1, -0.05) is 17.7 Å². The Hall–Kier alpha value is -1.79. The van der Waals surface area contributed by atoms with Gasteiger partial charge in [-0.3, -0.25) is 4.72 Å². The van der Waals surface area contributed by atoms with Crippen LogP contribution in [-0.2, 0) is 10.0 Å². The van der Waals surface area contributed by atoms with Crippen molar-refractivity contribution in [2.75, 3.05) is 10.5 Å². The van der Waals surface area contributed by atoms with Gasteiger partial charge in [0.1, 0.15) is 0 Å². The Balaban J connectivity index is 2.43. The predicted molar refractivity (Wildman–Crippen MR) is 77.8 cm³/mol. The number of hydrogen-bond acceptors (Lipinski definition) is 3. The van der Waals surface area contributed by atoms with Crippen LogP contribution in [0.1, 0.15) is 5.56 Å². The Morgan fingerprint density at radius 2 is 1.95 bits per heavy atom. The van der Waals surface area contributed by atoms with Crippen LogP contribution in [0.5, 0.6) is 0 Å². The van der Waals surface area contributed by atoms with Gasteiger partial charge >= 0.3 is 0 Å². The zero-order valence-electron chi connectivity index (χ0n) is 10.5. The number of sulfonamides is 1. The summed E-state index contributed by atoms with van der Waals surface area (Å²) in [6.45, 7) is 1.72. The molecule has 0 atom stereocenters. The van der Waals surface area contributed by atoms with E-state index >= 15 is 0 Å². The second-order valence-electron chi connectivity index (χ2n) is 4.29. The molecule has 2 rings (SSSR count). The summed E-state index contributed by atoms with van der Waals surface area (Å²) in [5.41, 5.74) is 6.41. The molecule has 0 aromatic heterocycles. The van der Waals surface area contributed by atoms with E-state index in [9.17, 15) is 12.8 Å². The summed E-state index contributed by atoms with van der Waals surface area (Å²) >= 11 is 5.61. The number of anilines is 2. The third kappa shape index (κ3) is 3.02. The molecule has 0 saturated heterocycles. The van der Waals surface area contributed by atoms with Gasteiger partial charge in [-0.25, -0.2) is 12.8 Å². The van der Waals surface area contributed by atoms with Crippen molar-refractivity contribution in [1.29, 1.82) is 0 Å². The highest BCUT2D eigenvalue weighted by Crippen LogP contribution is 2.25. The van der Waals surface area contributed by atoms with E-state index < -0.39 is 15.8 Å². The van der Waals surface area contributed by atoms with E-state index in [1.54, 1.807) is 13.0 Å². The smallest absolute Gasteiger partial charge is 0.262 e. The minimum Gasteiger partial charge on any atom is -0.399 e. The molecule has 3 N–H and O–H groups in total. The summed E-state index contributed by atoms with van der Waals surface area (Å²) in [6.07, 6.45) is 0. The van der Waals surface area contributed by atoms with Gasteiger partial charge in [0.05, 0.1) is 15.6 Å². The van der Waals surface area contributed by atoms with E-state index in [0.29, 0.717) is 11.3 Å². The maximum Gasteiger partial charge on any atom is 0.262 e. The lowest BCUT2D eigenvalue weighted by Gasteiger charge is -2.10. The molecule has 20 heavy (non-hydrogen) atoms. The summed E-state index contributed by atoms with van der Waals surface area (Å²) in [4.78, 5) is -0.0330. The Bertz CT molecular complexity index is 743. The molecule has 0 bridgehead atoms. The molecule has 7 heteroatoms. The van der Waals surface area contributed by atoms with E-state index in [1.165, 1.54) is 30.3 Å². The standard InChI is InChI=1S/C13H12ClFN2O2S/c1-8-5-9(16)7-10(6-8)20(18,19)17-12-4-2-3-11(14)13(12)15/h2-7,17H,16H2,1H3. The van der Waals surface area contributed by atoms with Crippen molar-refractivity contribution in [3.8, 4) is 0 Å². The molecule has 2 aromatic carbocycles. The Morgan fingerprint density at radius 3 is 2.60 bits per heavy atom. The molecule has 106 valence electrons. The van der Waals surface area contributed by atoms with Crippen molar-refractivity contribution < 1.29 is 12.8 Å². The van der Waals surface area contributed by atoms with Crippen LogP contribution in [0.4, 0.5) is 15.8 Å². The third-order valence-corrected chi connectivity index (χ3v) is 4.22. The minimum absolute atomic E-state index is 0.0330. The summed E-state index contributed by atoms with van der Waals surface area (Å²) in [5, 5.41) is -0.158. The van der Waals surface area contributed by atoms with Crippen LogP contribution in [0, 0.1) is 12.7 Å². The number of benzene rings is 2. The lowest BCUT2D eigenvalue weighted by Crippen LogP contribution is -2.14. The van der Waals surface area contributed by atoms with Crippen molar-refractivity contribution in [2.45, 2.75) is 11.8 Å². The van der Waals surface area contributed by atoms with Crippen LogP contribution < -0.4 is 10.5 Å². The van der Waals surface area contributed by atoms with Gasteiger partial charge in [-0.15, -0.1) is 0 Å². The number of nitrogens with two attached hydrogens (primary N) is 1. The molecule has 0 heterocycles. The SMILES string of the molecule is Cc1cc(N)cc(S(=O)(=O)Nc2cccc(Cl)c2F)c1. The maximum atomic E-state index is 13.7. The third-order valence-electron chi connectivity index (χ3n) is 2.58. The van der Waals surface area contributed by atoms with Crippen LogP contribution in [0.3, 0.4) is 0 Å². The van der Waals surface area contributed by atoms with Gasteiger partial charge < -0.3 is 5.73 Å². The van der Waals surface area contributed by atoms with Gasteiger partial charge in [0.2, 0.25) is 0 Å². The van der Waals surface area contributed by atoms with E-state index in [1.807, 2.05) is 0 Å². The summed E-state index contributed by atoms with van der Waals surface area (Å²) < 4.78 is 40.3. The van der Waals surface area contributed by atoms with E-state index in [-0.39, 0.29) is 15.6 Å². The highest BCUT2D eigenvalue weighted by molar-refractivity contribution is 7.92. The first kappa shape index (κ1) is 14.6. The minimum atomic E-state index is -3.93. The Kier molecular flexibility index (Phi) is 3.87. The summed E-state index contributed by atoms with van der Waals surface area (Å²) in [7, 11) is -3.93. The van der Waals surface area contributed by atoms with E-state index in [4.69, 9.17) is 17.3 Å². The molecule has 0 saturated carbocycles. The van der Waals surface area contributed by atoms with Crippen molar-refractivity contribution in [3.05, 3.63) is 52.8 Å². The largest absolute Gasteiger partial charge is 0.399 e. The monoisotopic (exact) mass is 314 g/mol. The van der Waals surface area contributed by atoms with Crippen molar-refractivity contribution >= 4 is 33.0 Å². The summed E-state index contributed by atoms with van der Waals surface area (Å²) in [6, 6.07) is 8.46. The second-order valence-corrected chi connectivity index (χ2v) is 6.38. The van der Waals surface area contributed by atoms with Crippen LogP contribution in [0.25, 0.3) is 0 Å². The highest BCUT2D eigenvalue weighted by atomic mass is 35.5. The molecule has 0 radical (unpaired) electrons. The zero-order chi connectivity index (χ0) is 14.9. The molecule has 0 unspecified atom stereocenters. The highest BCUT2D eigenvalue weighted by Gasteiger charge is 2.18. The van der Waals surface area contributed by atoms with Gasteiger partial charge in [-0.05, 0) is 42.8 Å². The van der Waals surface area contributed by atoms with Gasteiger partial charge in [-0.2, -0.15) is 0 Å². The number of nitrogens with one attached hydrogen (secondary N) is 1. The fourth-order valence-electron chi connectivity index (χ4n) is 1.72. The maximum absolute atomic E-state index is 13.7. The van der Waals surface area contributed by atoms with Gasteiger partial charge in [0, 0.05) is 5.69 Å². The average molecular weight is 315 g/mol. The van der Waals surface area contributed by atoms with Crippen LogP contribution in [0.2, 0.25) is 5.02 Å². The first-order valence-electron chi connectivity index (χ1n) is 5.63. The van der Waals surface area contributed by atoms with Crippen molar-refractivity contribution in [1.82, 2.24) is 0 Å². The fraction of sp³-hybridized carbons (Fsp3) is 0.0769. The predicted octanol–water partition coefficient (Wildman–Crippen LogP) is 3.17. The molecule has 0 aliphatic heterocycles. The van der Waals surface area contributed by atoms with E-state index in [2.05, 4.69) is 4.72 Å². The number of nitrogen functional groups attached to an aromatic ring is 1. The lowest BCUT2D eigenvalue weighted by atomic mass is 10.2. The van der Waals surface area contributed by atoms with Crippen LogP contribution in [-0.4, -0.2) is 8.42 Å². The first-order valence-corrected chi connectivity index (χ1v) is 7.50. The molecule has 0 aliphatic rings. The van der Waals surface area contributed by atoms with Crippen LogP contribution >= 0.6 is 11.6 Å². The quantitative estimate of drug-likeness (QED) is 0.855.